The highest BCUT2D eigenvalue weighted by Gasteiger charge is 2.35. The van der Waals surface area contributed by atoms with Gasteiger partial charge >= 0.3 is 0 Å². The van der Waals surface area contributed by atoms with Crippen LogP contribution in [0.15, 0.2) is 60.7 Å². The molecule has 0 atom stereocenters. The Morgan fingerprint density at radius 3 is 2.38 bits per heavy atom. The summed E-state index contributed by atoms with van der Waals surface area (Å²) in [6, 6.07) is 17.5. The SMILES string of the molecule is COc1ccc(CN2C(=O)c3ccccc3C2=O)cc1C(=O)NCCc1ccc2c(c1)OCO2. The van der Waals surface area contributed by atoms with E-state index in [4.69, 9.17) is 14.2 Å². The fourth-order valence-electron chi connectivity index (χ4n) is 4.11. The van der Waals surface area contributed by atoms with Gasteiger partial charge in [-0.25, -0.2) is 0 Å². The minimum Gasteiger partial charge on any atom is -0.496 e. The normalized spacial score (nSPS) is 13.7. The number of nitrogens with zero attached hydrogens (tertiary/aromatic N) is 1. The Morgan fingerprint density at radius 1 is 0.941 bits per heavy atom. The summed E-state index contributed by atoms with van der Waals surface area (Å²) in [5, 5.41) is 2.90. The minimum atomic E-state index is -0.342. The Hall–Kier alpha value is -4.33. The van der Waals surface area contributed by atoms with Crippen LogP contribution in [0.4, 0.5) is 0 Å². The van der Waals surface area contributed by atoms with E-state index in [2.05, 4.69) is 5.32 Å². The summed E-state index contributed by atoms with van der Waals surface area (Å²) in [5.41, 5.74) is 2.78. The van der Waals surface area contributed by atoms with Crippen molar-refractivity contribution in [2.45, 2.75) is 13.0 Å². The molecular formula is C26H22N2O6. The smallest absolute Gasteiger partial charge is 0.261 e. The van der Waals surface area contributed by atoms with Crippen molar-refractivity contribution < 1.29 is 28.6 Å². The molecule has 0 bridgehead atoms. The van der Waals surface area contributed by atoms with Gasteiger partial charge in [0.15, 0.2) is 11.5 Å². The van der Waals surface area contributed by atoms with Crippen LogP contribution in [-0.2, 0) is 13.0 Å². The molecule has 172 valence electrons. The van der Waals surface area contributed by atoms with Gasteiger partial charge in [-0.15, -0.1) is 0 Å². The fraction of sp³-hybridized carbons (Fsp3) is 0.192. The molecule has 0 fully saturated rings. The molecule has 8 nitrogen and oxygen atoms in total. The second kappa shape index (κ2) is 8.90. The largest absolute Gasteiger partial charge is 0.496 e. The first-order chi connectivity index (χ1) is 16.5. The highest BCUT2D eigenvalue weighted by atomic mass is 16.7. The lowest BCUT2D eigenvalue weighted by Crippen LogP contribution is -2.29. The van der Waals surface area contributed by atoms with E-state index < -0.39 is 0 Å². The third-order valence-corrected chi connectivity index (χ3v) is 5.86. The predicted molar refractivity (Wildman–Crippen MR) is 122 cm³/mol. The number of carbonyl (C=O) groups is 3. The van der Waals surface area contributed by atoms with Gasteiger partial charge in [0, 0.05) is 6.54 Å². The number of imide groups is 1. The summed E-state index contributed by atoms with van der Waals surface area (Å²) in [6.07, 6.45) is 0.611. The third-order valence-electron chi connectivity index (χ3n) is 5.86. The fourth-order valence-corrected chi connectivity index (χ4v) is 4.11. The summed E-state index contributed by atoms with van der Waals surface area (Å²) in [4.78, 5) is 39.5. The van der Waals surface area contributed by atoms with Gasteiger partial charge in [-0.2, -0.15) is 0 Å². The molecule has 34 heavy (non-hydrogen) atoms. The molecule has 1 N–H and O–H groups in total. The van der Waals surface area contributed by atoms with E-state index in [1.54, 1.807) is 42.5 Å². The van der Waals surface area contributed by atoms with Crippen molar-refractivity contribution in [1.82, 2.24) is 10.2 Å². The molecule has 0 aromatic heterocycles. The van der Waals surface area contributed by atoms with E-state index in [1.165, 1.54) is 12.0 Å². The van der Waals surface area contributed by atoms with Crippen LogP contribution in [-0.4, -0.2) is 43.1 Å². The number of nitrogens with one attached hydrogen (secondary N) is 1. The van der Waals surface area contributed by atoms with E-state index in [9.17, 15) is 14.4 Å². The van der Waals surface area contributed by atoms with Crippen LogP contribution < -0.4 is 19.5 Å². The summed E-state index contributed by atoms with van der Waals surface area (Å²) < 4.78 is 16.1. The standard InChI is InChI=1S/C26H22N2O6/c1-32-21-8-7-17(14-28-25(30)18-4-2-3-5-19(18)26(28)31)12-20(21)24(29)27-11-10-16-6-9-22-23(13-16)34-15-33-22/h2-9,12-13H,10-11,14-15H2,1H3,(H,27,29). The van der Waals surface area contributed by atoms with Crippen molar-refractivity contribution in [1.29, 1.82) is 0 Å². The summed E-state index contributed by atoms with van der Waals surface area (Å²) in [6.45, 7) is 0.685. The summed E-state index contributed by atoms with van der Waals surface area (Å²) >= 11 is 0. The number of carbonyl (C=O) groups excluding carboxylic acids is 3. The molecule has 0 spiro atoms. The second-order valence-corrected chi connectivity index (χ2v) is 7.97. The van der Waals surface area contributed by atoms with Crippen LogP contribution in [0.2, 0.25) is 0 Å². The zero-order valence-corrected chi connectivity index (χ0v) is 18.5. The molecule has 0 aliphatic carbocycles. The number of rotatable bonds is 7. The molecule has 3 amide bonds. The number of hydrogen-bond acceptors (Lipinski definition) is 6. The number of hydrogen-bond donors (Lipinski definition) is 1. The quantitative estimate of drug-likeness (QED) is 0.547. The minimum absolute atomic E-state index is 0.0633. The van der Waals surface area contributed by atoms with Gasteiger partial charge in [0.1, 0.15) is 5.75 Å². The molecule has 2 heterocycles. The highest BCUT2D eigenvalue weighted by Crippen LogP contribution is 2.32. The number of ether oxygens (including phenoxy) is 3. The molecule has 2 aliphatic rings. The molecule has 8 heteroatoms. The first-order valence-electron chi connectivity index (χ1n) is 10.8. The monoisotopic (exact) mass is 458 g/mol. The number of methoxy groups -OCH3 is 1. The van der Waals surface area contributed by atoms with E-state index in [0.717, 1.165) is 5.56 Å². The van der Waals surface area contributed by atoms with Gasteiger partial charge in [0.25, 0.3) is 17.7 Å². The van der Waals surface area contributed by atoms with Crippen LogP contribution in [0.5, 0.6) is 17.2 Å². The lowest BCUT2D eigenvalue weighted by atomic mass is 10.1. The first kappa shape index (κ1) is 21.5. The second-order valence-electron chi connectivity index (χ2n) is 7.97. The number of amides is 3. The molecule has 0 saturated carbocycles. The van der Waals surface area contributed by atoms with Crippen LogP contribution >= 0.6 is 0 Å². The summed E-state index contributed by atoms with van der Waals surface area (Å²) in [5.74, 6) is 0.838. The van der Waals surface area contributed by atoms with Gasteiger partial charge < -0.3 is 19.5 Å². The van der Waals surface area contributed by atoms with Crippen molar-refractivity contribution >= 4 is 17.7 Å². The van der Waals surface area contributed by atoms with Crippen LogP contribution in [0.1, 0.15) is 42.2 Å². The topological polar surface area (TPSA) is 94.2 Å². The maximum Gasteiger partial charge on any atom is 0.261 e. The maximum atomic E-state index is 12.9. The van der Waals surface area contributed by atoms with E-state index in [0.29, 0.717) is 52.5 Å². The van der Waals surface area contributed by atoms with Crippen molar-refractivity contribution in [2.75, 3.05) is 20.4 Å². The van der Waals surface area contributed by atoms with Crippen LogP contribution in [0, 0.1) is 0 Å². The Balaban J connectivity index is 1.27. The molecule has 0 radical (unpaired) electrons. The van der Waals surface area contributed by atoms with E-state index >= 15 is 0 Å². The third kappa shape index (κ3) is 3.94. The van der Waals surface area contributed by atoms with Gasteiger partial charge in [-0.3, -0.25) is 19.3 Å². The molecule has 5 rings (SSSR count). The number of fused-ring (bicyclic) bond motifs is 2. The Labute approximate surface area is 196 Å². The van der Waals surface area contributed by atoms with Crippen molar-refractivity contribution in [2.24, 2.45) is 0 Å². The average molecular weight is 458 g/mol. The Morgan fingerprint density at radius 2 is 1.65 bits per heavy atom. The average Bonchev–Trinajstić information content (AvgIpc) is 3.42. The van der Waals surface area contributed by atoms with Gasteiger partial charge in [-0.1, -0.05) is 24.3 Å². The molecule has 2 aliphatic heterocycles. The first-order valence-corrected chi connectivity index (χ1v) is 10.8. The molecular weight excluding hydrogens is 436 g/mol. The van der Waals surface area contributed by atoms with Crippen molar-refractivity contribution in [3.05, 3.63) is 88.5 Å². The van der Waals surface area contributed by atoms with Crippen molar-refractivity contribution in [3.63, 3.8) is 0 Å². The van der Waals surface area contributed by atoms with Crippen LogP contribution in [0.25, 0.3) is 0 Å². The molecule has 3 aromatic rings. The zero-order chi connectivity index (χ0) is 23.7. The number of benzene rings is 3. The van der Waals surface area contributed by atoms with Gasteiger partial charge in [0.05, 0.1) is 30.3 Å². The maximum absolute atomic E-state index is 12.9. The van der Waals surface area contributed by atoms with Crippen molar-refractivity contribution in [3.8, 4) is 17.2 Å². The zero-order valence-electron chi connectivity index (χ0n) is 18.5. The Bertz CT molecular complexity index is 1270. The van der Waals surface area contributed by atoms with E-state index in [-0.39, 0.29) is 31.1 Å². The molecule has 0 unspecified atom stereocenters. The summed E-state index contributed by atoms with van der Waals surface area (Å²) in [7, 11) is 1.49. The molecule has 0 saturated heterocycles. The van der Waals surface area contributed by atoms with Crippen LogP contribution in [0.3, 0.4) is 0 Å². The molecule has 3 aromatic carbocycles. The predicted octanol–water partition coefficient (Wildman–Crippen LogP) is 3.19. The Kier molecular flexibility index (Phi) is 5.63. The highest BCUT2D eigenvalue weighted by molar-refractivity contribution is 6.21. The lowest BCUT2D eigenvalue weighted by Gasteiger charge is -2.16. The van der Waals surface area contributed by atoms with E-state index in [1.807, 2.05) is 18.2 Å². The van der Waals surface area contributed by atoms with Gasteiger partial charge in [0.2, 0.25) is 6.79 Å². The van der Waals surface area contributed by atoms with Gasteiger partial charge in [-0.05, 0) is 53.9 Å². The lowest BCUT2D eigenvalue weighted by molar-refractivity contribution is 0.0642.